The smallest absolute Gasteiger partial charge is 0.0619 e. The van der Waals surface area contributed by atoms with E-state index in [0.29, 0.717) is 0 Å². The third kappa shape index (κ3) is 5.47. The van der Waals surface area contributed by atoms with Crippen molar-refractivity contribution in [3.05, 3.63) is 218 Å². The number of hydrogen-bond acceptors (Lipinski definition) is 2. The second kappa shape index (κ2) is 13.6. The van der Waals surface area contributed by atoms with Gasteiger partial charge in [0.1, 0.15) is 0 Å². The van der Waals surface area contributed by atoms with Crippen LogP contribution >= 0.6 is 11.3 Å². The second-order valence-electron chi connectivity index (χ2n) is 15.3. The number of hydrogen-bond donors (Lipinski definition) is 0. The second-order valence-corrected chi connectivity index (χ2v) is 16.4. The topological polar surface area (TPSA) is 8.17 Å². The van der Waals surface area contributed by atoms with Gasteiger partial charge in [-0.25, -0.2) is 0 Å². The summed E-state index contributed by atoms with van der Waals surface area (Å²) in [7, 11) is 0. The molecule has 2 heterocycles. The van der Waals surface area contributed by atoms with E-state index in [-0.39, 0.29) is 0 Å². The summed E-state index contributed by atoms with van der Waals surface area (Å²) in [5, 5.41) is 10.2. The summed E-state index contributed by atoms with van der Waals surface area (Å²) >= 11 is 1.86. The van der Waals surface area contributed by atoms with Crippen LogP contribution < -0.4 is 4.90 Å². The number of fused-ring (bicyclic) bond motifs is 9. The lowest BCUT2D eigenvalue weighted by atomic mass is 9.93. The van der Waals surface area contributed by atoms with E-state index < -0.39 is 0 Å². The van der Waals surface area contributed by atoms with Crippen molar-refractivity contribution in [3.8, 4) is 27.9 Å². The molecule has 3 heteroatoms. The fourth-order valence-electron chi connectivity index (χ4n) is 9.29. The molecule has 0 saturated carbocycles. The standard InChI is InChI=1S/C56H36N2S/c1-2-16-40(17-3-1)58-53-26-10-8-22-48(53)51-25-13-24-45(56(51)58)38-15-12-18-42(34-38)57(43-32-33-50-49-23-9-11-27-54(49)59-55(50)36-43)41-30-28-37(29-31-41)52-35-39-14-4-5-19-44(39)46-20-6-7-21-47(46)52/h1-36H. The minimum atomic E-state index is 1.10. The van der Waals surface area contributed by atoms with Crippen LogP contribution in [0.15, 0.2) is 218 Å². The van der Waals surface area contributed by atoms with E-state index in [1.165, 1.54) is 85.8 Å². The third-order valence-electron chi connectivity index (χ3n) is 11.9. The van der Waals surface area contributed by atoms with Crippen molar-refractivity contribution in [2.75, 3.05) is 4.90 Å². The van der Waals surface area contributed by atoms with Gasteiger partial charge >= 0.3 is 0 Å². The third-order valence-corrected chi connectivity index (χ3v) is 13.1. The highest BCUT2D eigenvalue weighted by atomic mass is 32.1. The first-order valence-electron chi connectivity index (χ1n) is 20.2. The Kier molecular flexibility index (Phi) is 7.75. The van der Waals surface area contributed by atoms with Crippen LogP contribution in [0.25, 0.3) is 91.5 Å². The average molecular weight is 769 g/mol. The van der Waals surface area contributed by atoms with Crippen LogP contribution in [0, 0.1) is 0 Å². The Morgan fingerprint density at radius 1 is 0.339 bits per heavy atom. The zero-order chi connectivity index (χ0) is 38.9. The SMILES string of the molecule is c1ccc(-n2c3ccccc3c3cccc(-c4cccc(N(c5ccc(-c6cc7ccccc7c7ccccc67)cc5)c5ccc6c(c5)sc5ccccc56)c4)c32)cc1. The van der Waals surface area contributed by atoms with Crippen molar-refractivity contribution in [2.24, 2.45) is 0 Å². The molecule has 0 saturated heterocycles. The van der Waals surface area contributed by atoms with Gasteiger partial charge in [-0.15, -0.1) is 11.3 Å². The highest BCUT2D eigenvalue weighted by Gasteiger charge is 2.20. The van der Waals surface area contributed by atoms with E-state index in [0.717, 1.165) is 22.7 Å². The van der Waals surface area contributed by atoms with Gasteiger partial charge in [0, 0.05) is 59.3 Å². The molecule has 2 aromatic heterocycles. The van der Waals surface area contributed by atoms with Gasteiger partial charge in [0.15, 0.2) is 0 Å². The Morgan fingerprint density at radius 3 is 1.85 bits per heavy atom. The van der Waals surface area contributed by atoms with Gasteiger partial charge in [-0.3, -0.25) is 0 Å². The largest absolute Gasteiger partial charge is 0.310 e. The van der Waals surface area contributed by atoms with Crippen LogP contribution in [0.5, 0.6) is 0 Å². The minimum absolute atomic E-state index is 1.10. The molecule has 0 amide bonds. The van der Waals surface area contributed by atoms with Crippen molar-refractivity contribution >= 4 is 91.9 Å². The Hall–Kier alpha value is -7.46. The fraction of sp³-hybridized carbons (Fsp3) is 0. The van der Waals surface area contributed by atoms with E-state index in [4.69, 9.17) is 0 Å². The first-order chi connectivity index (χ1) is 29.3. The average Bonchev–Trinajstić information content (AvgIpc) is 3.85. The quantitative estimate of drug-likeness (QED) is 0.153. The van der Waals surface area contributed by atoms with E-state index in [2.05, 4.69) is 228 Å². The number of nitrogens with zero attached hydrogens (tertiary/aromatic N) is 2. The highest BCUT2D eigenvalue weighted by Crippen LogP contribution is 2.44. The Balaban J connectivity index is 1.05. The molecule has 12 aromatic rings. The predicted octanol–water partition coefficient (Wildman–Crippen LogP) is 16.3. The molecule has 2 nitrogen and oxygen atoms in total. The van der Waals surface area contributed by atoms with Crippen LogP contribution in [0.4, 0.5) is 17.1 Å². The summed E-state index contributed by atoms with van der Waals surface area (Å²) in [6.45, 7) is 0. The lowest BCUT2D eigenvalue weighted by molar-refractivity contribution is 1.18. The summed E-state index contributed by atoms with van der Waals surface area (Å²) in [6.07, 6.45) is 0. The highest BCUT2D eigenvalue weighted by molar-refractivity contribution is 7.25. The lowest BCUT2D eigenvalue weighted by Gasteiger charge is -2.26. The molecule has 0 bridgehead atoms. The summed E-state index contributed by atoms with van der Waals surface area (Å²) in [5.41, 5.74) is 11.7. The van der Waals surface area contributed by atoms with Crippen LogP contribution in [0.3, 0.4) is 0 Å². The molecule has 0 atom stereocenters. The molecule has 0 aliphatic rings. The molecule has 0 fully saturated rings. The van der Waals surface area contributed by atoms with Crippen LogP contribution in [-0.4, -0.2) is 4.57 Å². The van der Waals surface area contributed by atoms with Crippen molar-refractivity contribution in [2.45, 2.75) is 0 Å². The van der Waals surface area contributed by atoms with E-state index in [1.54, 1.807) is 0 Å². The molecular formula is C56H36N2S. The van der Waals surface area contributed by atoms with Crippen LogP contribution in [-0.2, 0) is 0 Å². The van der Waals surface area contributed by atoms with E-state index in [1.807, 2.05) is 11.3 Å². The molecule has 10 aromatic carbocycles. The molecule has 276 valence electrons. The zero-order valence-electron chi connectivity index (χ0n) is 32.1. The maximum atomic E-state index is 2.43. The number of thiophene rings is 1. The van der Waals surface area contributed by atoms with Crippen LogP contribution in [0.1, 0.15) is 0 Å². The maximum absolute atomic E-state index is 2.43. The van der Waals surface area contributed by atoms with E-state index >= 15 is 0 Å². The van der Waals surface area contributed by atoms with E-state index in [9.17, 15) is 0 Å². The van der Waals surface area contributed by atoms with Crippen LogP contribution in [0.2, 0.25) is 0 Å². The van der Waals surface area contributed by atoms with Gasteiger partial charge in [0.25, 0.3) is 0 Å². The van der Waals surface area contributed by atoms with Crippen molar-refractivity contribution in [1.82, 2.24) is 4.57 Å². The molecule has 59 heavy (non-hydrogen) atoms. The first-order valence-corrected chi connectivity index (χ1v) is 21.0. The molecule has 12 rings (SSSR count). The summed E-state index contributed by atoms with van der Waals surface area (Å²) in [5.74, 6) is 0. The first kappa shape index (κ1) is 33.7. The van der Waals surface area contributed by atoms with Crippen molar-refractivity contribution in [3.63, 3.8) is 0 Å². The van der Waals surface area contributed by atoms with Crippen molar-refractivity contribution < 1.29 is 0 Å². The Bertz CT molecular complexity index is 3560. The number of anilines is 3. The maximum Gasteiger partial charge on any atom is 0.0619 e. The van der Waals surface area contributed by atoms with Gasteiger partial charge in [-0.1, -0.05) is 152 Å². The van der Waals surface area contributed by atoms with Gasteiger partial charge in [0.05, 0.1) is 11.0 Å². The molecule has 0 aliphatic carbocycles. The Labute approximate surface area is 346 Å². The zero-order valence-corrected chi connectivity index (χ0v) is 32.9. The number of aromatic nitrogens is 1. The predicted molar refractivity (Wildman–Crippen MR) is 254 cm³/mol. The van der Waals surface area contributed by atoms with Gasteiger partial charge < -0.3 is 9.47 Å². The summed E-state index contributed by atoms with van der Waals surface area (Å²) < 4.78 is 5.01. The summed E-state index contributed by atoms with van der Waals surface area (Å²) in [4.78, 5) is 2.42. The number of para-hydroxylation sites is 3. The molecule has 0 unspecified atom stereocenters. The minimum Gasteiger partial charge on any atom is -0.310 e. The monoisotopic (exact) mass is 768 g/mol. The molecule has 0 radical (unpaired) electrons. The molecule has 0 spiro atoms. The molecule has 0 N–H and O–H groups in total. The van der Waals surface area contributed by atoms with Gasteiger partial charge in [-0.2, -0.15) is 0 Å². The lowest BCUT2D eigenvalue weighted by Crippen LogP contribution is -2.10. The van der Waals surface area contributed by atoms with Crippen molar-refractivity contribution in [1.29, 1.82) is 0 Å². The van der Waals surface area contributed by atoms with Gasteiger partial charge in [0.2, 0.25) is 0 Å². The van der Waals surface area contributed by atoms with Gasteiger partial charge in [-0.05, 0) is 105 Å². The molecule has 0 aliphatic heterocycles. The summed E-state index contributed by atoms with van der Waals surface area (Å²) in [6, 6.07) is 80.0. The number of rotatable bonds is 6. The fourth-order valence-corrected chi connectivity index (χ4v) is 10.4. The number of benzene rings is 10. The normalized spacial score (nSPS) is 11.7. The Morgan fingerprint density at radius 2 is 0.983 bits per heavy atom. The molecular weight excluding hydrogens is 733 g/mol.